The lowest BCUT2D eigenvalue weighted by molar-refractivity contribution is -0.132. The smallest absolute Gasteiger partial charge is 0.226 e. The van der Waals surface area contributed by atoms with Gasteiger partial charge in [0.1, 0.15) is 0 Å². The van der Waals surface area contributed by atoms with Crippen LogP contribution in [0, 0.1) is 5.41 Å². The summed E-state index contributed by atoms with van der Waals surface area (Å²) < 4.78 is 0. The average Bonchev–Trinajstić information content (AvgIpc) is 2.47. The largest absolute Gasteiger partial charge is 0.359 e. The summed E-state index contributed by atoms with van der Waals surface area (Å²) in [6.07, 6.45) is 5.72. The topological polar surface area (TPSA) is 61.4 Å². The van der Waals surface area contributed by atoms with E-state index < -0.39 is 0 Å². The number of nitrogens with zero attached hydrogens (tertiary/aromatic N) is 4. The highest BCUT2D eigenvalue weighted by molar-refractivity contribution is 5.82. The van der Waals surface area contributed by atoms with Crippen LogP contribution in [-0.2, 0) is 11.3 Å². The first kappa shape index (κ1) is 15.7. The van der Waals surface area contributed by atoms with Crippen molar-refractivity contribution in [3.8, 4) is 0 Å². The number of hydrogen-bond donors (Lipinski definition) is 1. The fraction of sp³-hybridized carbons (Fsp3) is 0.667. The van der Waals surface area contributed by atoms with Crippen molar-refractivity contribution < 1.29 is 4.79 Å². The fourth-order valence-electron chi connectivity index (χ4n) is 2.89. The molecule has 0 bridgehead atoms. The van der Waals surface area contributed by atoms with Gasteiger partial charge in [-0.3, -0.25) is 9.69 Å². The molecule has 1 fully saturated rings. The van der Waals surface area contributed by atoms with E-state index in [0.717, 1.165) is 38.0 Å². The number of piperidine rings is 1. The molecule has 0 radical (unpaired) electrons. The maximum Gasteiger partial charge on any atom is 0.226 e. The second-order valence-corrected chi connectivity index (χ2v) is 6.24. The van der Waals surface area contributed by atoms with E-state index in [4.69, 9.17) is 0 Å². The van der Waals surface area contributed by atoms with Gasteiger partial charge in [0.15, 0.2) is 0 Å². The zero-order chi connectivity index (χ0) is 15.5. The van der Waals surface area contributed by atoms with E-state index in [9.17, 15) is 4.79 Å². The van der Waals surface area contributed by atoms with E-state index in [0.29, 0.717) is 5.95 Å². The molecule has 0 aliphatic carbocycles. The maximum absolute atomic E-state index is 12.0. The minimum absolute atomic E-state index is 0.131. The summed E-state index contributed by atoms with van der Waals surface area (Å²) in [7, 11) is 5.56. The first-order chi connectivity index (χ1) is 9.94. The van der Waals surface area contributed by atoms with Crippen LogP contribution in [0.25, 0.3) is 0 Å². The fourth-order valence-corrected chi connectivity index (χ4v) is 2.89. The number of hydrogen-bond acceptors (Lipinski definition) is 5. The first-order valence-electron chi connectivity index (χ1n) is 7.37. The molecular weight excluding hydrogens is 266 g/mol. The summed E-state index contributed by atoms with van der Waals surface area (Å²) in [4.78, 5) is 24.9. The van der Waals surface area contributed by atoms with Crippen molar-refractivity contribution in [1.82, 2.24) is 20.2 Å². The Hall–Kier alpha value is -1.69. The predicted octanol–water partition coefficient (Wildman–Crippen LogP) is 0.891. The molecule has 1 N–H and O–H groups in total. The molecule has 0 unspecified atom stereocenters. The van der Waals surface area contributed by atoms with Gasteiger partial charge in [0, 0.05) is 52.2 Å². The molecule has 2 rings (SSSR count). The quantitative estimate of drug-likeness (QED) is 0.893. The number of nitrogens with one attached hydrogen (secondary N) is 1. The van der Waals surface area contributed by atoms with Crippen LogP contribution in [0.15, 0.2) is 12.4 Å². The highest BCUT2D eigenvalue weighted by atomic mass is 16.2. The first-order valence-corrected chi connectivity index (χ1v) is 7.37. The summed E-state index contributed by atoms with van der Waals surface area (Å²) >= 11 is 0. The third-order valence-electron chi connectivity index (χ3n) is 4.05. The van der Waals surface area contributed by atoms with Crippen molar-refractivity contribution >= 4 is 11.9 Å². The average molecular weight is 291 g/mol. The second kappa shape index (κ2) is 6.39. The van der Waals surface area contributed by atoms with Gasteiger partial charge < -0.3 is 10.2 Å². The third-order valence-corrected chi connectivity index (χ3v) is 4.05. The Morgan fingerprint density at radius 3 is 2.67 bits per heavy atom. The van der Waals surface area contributed by atoms with Gasteiger partial charge in [-0.25, -0.2) is 9.97 Å². The van der Waals surface area contributed by atoms with Gasteiger partial charge in [-0.2, -0.15) is 0 Å². The van der Waals surface area contributed by atoms with Crippen LogP contribution in [0.5, 0.6) is 0 Å². The minimum atomic E-state index is -0.294. The molecule has 1 saturated heterocycles. The number of likely N-dealkylation sites (tertiary alicyclic amines) is 1. The number of rotatable bonds is 4. The van der Waals surface area contributed by atoms with Gasteiger partial charge >= 0.3 is 0 Å². The van der Waals surface area contributed by atoms with Crippen LogP contribution in [0.3, 0.4) is 0 Å². The molecule has 1 amide bonds. The molecule has 1 aromatic rings. The molecule has 2 heterocycles. The zero-order valence-electron chi connectivity index (χ0n) is 13.4. The van der Waals surface area contributed by atoms with Crippen molar-refractivity contribution in [3.05, 3.63) is 18.0 Å². The summed E-state index contributed by atoms with van der Waals surface area (Å²) in [6.45, 7) is 4.63. The van der Waals surface area contributed by atoms with Gasteiger partial charge in [-0.05, 0) is 26.3 Å². The van der Waals surface area contributed by atoms with E-state index in [2.05, 4.69) is 20.2 Å². The van der Waals surface area contributed by atoms with Gasteiger partial charge in [0.2, 0.25) is 11.9 Å². The number of carbonyl (C=O) groups is 1. The molecule has 1 aliphatic rings. The second-order valence-electron chi connectivity index (χ2n) is 6.24. The van der Waals surface area contributed by atoms with E-state index in [-0.39, 0.29) is 11.3 Å². The molecular formula is C15H25N5O. The molecule has 116 valence electrons. The van der Waals surface area contributed by atoms with Crippen LogP contribution in [0.2, 0.25) is 0 Å². The normalized spacial score (nSPS) is 22.9. The van der Waals surface area contributed by atoms with Gasteiger partial charge in [0.25, 0.3) is 0 Å². The zero-order valence-corrected chi connectivity index (χ0v) is 13.4. The van der Waals surface area contributed by atoms with Gasteiger partial charge in [0.05, 0.1) is 5.41 Å². The highest BCUT2D eigenvalue weighted by Crippen LogP contribution is 2.30. The Morgan fingerprint density at radius 1 is 1.43 bits per heavy atom. The van der Waals surface area contributed by atoms with Crippen molar-refractivity contribution in [2.45, 2.75) is 26.3 Å². The molecule has 1 aromatic heterocycles. The lowest BCUT2D eigenvalue weighted by Gasteiger charge is -2.39. The number of aromatic nitrogens is 2. The van der Waals surface area contributed by atoms with Crippen molar-refractivity contribution in [2.24, 2.45) is 5.41 Å². The number of carbonyl (C=O) groups excluding carboxylic acids is 1. The van der Waals surface area contributed by atoms with E-state index in [1.807, 2.05) is 38.3 Å². The molecule has 1 aliphatic heterocycles. The Morgan fingerprint density at radius 2 is 2.10 bits per heavy atom. The van der Waals surface area contributed by atoms with Crippen molar-refractivity contribution in [3.63, 3.8) is 0 Å². The van der Waals surface area contributed by atoms with Crippen LogP contribution < -0.4 is 10.2 Å². The summed E-state index contributed by atoms with van der Waals surface area (Å²) in [5, 5.41) is 2.78. The van der Waals surface area contributed by atoms with Gasteiger partial charge in [-0.1, -0.05) is 0 Å². The molecule has 0 saturated carbocycles. The van der Waals surface area contributed by atoms with Crippen LogP contribution in [0.4, 0.5) is 5.95 Å². The molecule has 21 heavy (non-hydrogen) atoms. The van der Waals surface area contributed by atoms with Crippen LogP contribution >= 0.6 is 0 Å². The van der Waals surface area contributed by atoms with Crippen molar-refractivity contribution in [2.75, 3.05) is 39.1 Å². The summed E-state index contributed by atoms with van der Waals surface area (Å²) in [6, 6.07) is 0. The monoisotopic (exact) mass is 291 g/mol. The Labute approximate surface area is 126 Å². The maximum atomic E-state index is 12.0. The van der Waals surface area contributed by atoms with Gasteiger partial charge in [-0.15, -0.1) is 0 Å². The number of anilines is 1. The van der Waals surface area contributed by atoms with Crippen LogP contribution in [-0.4, -0.2) is 55.0 Å². The molecule has 6 heteroatoms. The molecule has 1 atom stereocenters. The highest BCUT2D eigenvalue weighted by Gasteiger charge is 2.37. The van der Waals surface area contributed by atoms with E-state index in [1.165, 1.54) is 0 Å². The standard InChI is InChI=1S/C15H25N5O/c1-15(13(21)16-2)6-5-7-20(11-15)10-12-8-17-14(18-9-12)19(3)4/h8-9H,5-7,10-11H2,1-4H3,(H,16,21)/t15-/m0/s1. The van der Waals surface area contributed by atoms with Crippen molar-refractivity contribution in [1.29, 1.82) is 0 Å². The van der Waals surface area contributed by atoms with E-state index in [1.54, 1.807) is 7.05 Å². The SMILES string of the molecule is CNC(=O)[C@@]1(C)CCCN(Cc2cnc(N(C)C)nc2)C1. The molecule has 0 spiro atoms. The predicted molar refractivity (Wildman–Crippen MR) is 83.0 cm³/mol. The number of amides is 1. The molecule has 0 aromatic carbocycles. The van der Waals surface area contributed by atoms with Crippen LogP contribution in [0.1, 0.15) is 25.3 Å². The summed E-state index contributed by atoms with van der Waals surface area (Å²) in [5.74, 6) is 0.846. The summed E-state index contributed by atoms with van der Waals surface area (Å²) in [5.41, 5.74) is 0.791. The third kappa shape index (κ3) is 3.69. The lowest BCUT2D eigenvalue weighted by atomic mass is 9.81. The molecule has 6 nitrogen and oxygen atoms in total. The minimum Gasteiger partial charge on any atom is -0.359 e. The Balaban J connectivity index is 2.01. The Bertz CT molecular complexity index is 487. The van der Waals surface area contributed by atoms with E-state index >= 15 is 0 Å². The Kier molecular flexibility index (Phi) is 4.77. The lowest BCUT2D eigenvalue weighted by Crippen LogP contribution is -2.49.